The van der Waals surface area contributed by atoms with Crippen LogP contribution in [0.1, 0.15) is 10.4 Å². The zero-order chi connectivity index (χ0) is 18.0. The molecule has 4 nitrogen and oxygen atoms in total. The molecule has 0 fully saturated rings. The van der Waals surface area contributed by atoms with Gasteiger partial charge in [-0.1, -0.05) is 23.7 Å². The molecular weight excluding hydrogens is 352 g/mol. The average molecular weight is 362 g/mol. The van der Waals surface area contributed by atoms with E-state index < -0.39 is 17.6 Å². The first kappa shape index (κ1) is 16.9. The van der Waals surface area contributed by atoms with Gasteiger partial charge in [0.2, 0.25) is 0 Å². The molecular formula is C18H10ClF2NO3. The SMILES string of the molecule is O=C(O)c1cnc(-c2cc(F)cc(F)c2)cc1Oc1ccccc1Cl. The second kappa shape index (κ2) is 6.86. The highest BCUT2D eigenvalue weighted by atomic mass is 35.5. The van der Waals surface area contributed by atoms with Crippen molar-refractivity contribution in [1.82, 2.24) is 4.98 Å². The second-order valence-corrected chi connectivity index (χ2v) is 5.47. The number of hydrogen-bond acceptors (Lipinski definition) is 3. The van der Waals surface area contributed by atoms with Crippen LogP contribution in [0.25, 0.3) is 11.3 Å². The number of nitrogens with zero attached hydrogens (tertiary/aromatic N) is 1. The molecule has 0 aliphatic heterocycles. The molecule has 3 aromatic rings. The number of para-hydroxylation sites is 1. The van der Waals surface area contributed by atoms with Gasteiger partial charge in [-0.3, -0.25) is 4.98 Å². The number of hydrogen-bond donors (Lipinski definition) is 1. The lowest BCUT2D eigenvalue weighted by molar-refractivity contribution is 0.0693. The summed E-state index contributed by atoms with van der Waals surface area (Å²) in [6, 6.07) is 10.7. The molecule has 0 radical (unpaired) electrons. The van der Waals surface area contributed by atoms with Gasteiger partial charge >= 0.3 is 5.97 Å². The van der Waals surface area contributed by atoms with E-state index in [0.29, 0.717) is 0 Å². The minimum atomic E-state index is -1.26. The Morgan fingerprint density at radius 3 is 2.36 bits per heavy atom. The number of carboxylic acids is 1. The number of carbonyl (C=O) groups is 1. The Labute approximate surface area is 146 Å². The number of carboxylic acid groups (broad SMARTS) is 1. The number of ether oxygens (including phenoxy) is 1. The number of aromatic nitrogens is 1. The molecule has 0 saturated carbocycles. The molecule has 1 aromatic heterocycles. The number of benzene rings is 2. The van der Waals surface area contributed by atoms with Crippen molar-refractivity contribution in [3.8, 4) is 22.8 Å². The van der Waals surface area contributed by atoms with Gasteiger partial charge in [-0.2, -0.15) is 0 Å². The third kappa shape index (κ3) is 3.75. The van der Waals surface area contributed by atoms with Crippen LogP contribution in [0, 0.1) is 11.6 Å². The van der Waals surface area contributed by atoms with Crippen LogP contribution in [0.4, 0.5) is 8.78 Å². The van der Waals surface area contributed by atoms with Crippen molar-refractivity contribution >= 4 is 17.6 Å². The molecule has 0 bridgehead atoms. The van der Waals surface area contributed by atoms with Crippen LogP contribution < -0.4 is 4.74 Å². The first-order chi connectivity index (χ1) is 11.9. The molecule has 1 N–H and O–H groups in total. The molecule has 0 amide bonds. The molecule has 3 rings (SSSR count). The Bertz CT molecular complexity index is 943. The summed E-state index contributed by atoms with van der Waals surface area (Å²) in [7, 11) is 0. The minimum Gasteiger partial charge on any atom is -0.477 e. The van der Waals surface area contributed by atoms with E-state index in [4.69, 9.17) is 16.3 Å². The molecule has 25 heavy (non-hydrogen) atoms. The lowest BCUT2D eigenvalue weighted by Crippen LogP contribution is -2.02. The second-order valence-electron chi connectivity index (χ2n) is 5.06. The van der Waals surface area contributed by atoms with Crippen molar-refractivity contribution in [2.75, 3.05) is 0 Å². The van der Waals surface area contributed by atoms with Crippen molar-refractivity contribution in [3.05, 3.63) is 76.9 Å². The van der Waals surface area contributed by atoms with E-state index in [1.807, 2.05) is 0 Å². The molecule has 0 aliphatic rings. The van der Waals surface area contributed by atoms with Gasteiger partial charge in [0, 0.05) is 23.9 Å². The summed E-state index contributed by atoms with van der Waals surface area (Å²) in [6.45, 7) is 0. The number of halogens is 3. The van der Waals surface area contributed by atoms with Crippen LogP contribution in [-0.2, 0) is 0 Å². The maximum Gasteiger partial charge on any atom is 0.341 e. The predicted molar refractivity (Wildman–Crippen MR) is 88.1 cm³/mol. The molecule has 1 heterocycles. The number of pyridine rings is 1. The van der Waals surface area contributed by atoms with Gasteiger partial charge in [0.1, 0.15) is 28.7 Å². The summed E-state index contributed by atoms with van der Waals surface area (Å²) in [5, 5.41) is 9.58. The van der Waals surface area contributed by atoms with Crippen LogP contribution in [0.3, 0.4) is 0 Å². The van der Waals surface area contributed by atoms with Gasteiger partial charge in [-0.25, -0.2) is 13.6 Å². The molecule has 2 aromatic carbocycles. The molecule has 126 valence electrons. The lowest BCUT2D eigenvalue weighted by atomic mass is 10.1. The summed E-state index contributed by atoms with van der Waals surface area (Å²) in [4.78, 5) is 15.3. The van der Waals surface area contributed by atoms with E-state index in [1.54, 1.807) is 24.3 Å². The summed E-state index contributed by atoms with van der Waals surface area (Å²) in [5.74, 6) is -2.60. The fourth-order valence-corrected chi connectivity index (χ4v) is 2.36. The number of rotatable bonds is 4. The van der Waals surface area contributed by atoms with Crippen LogP contribution in [0.2, 0.25) is 5.02 Å². The van der Waals surface area contributed by atoms with Crippen molar-refractivity contribution in [2.24, 2.45) is 0 Å². The fourth-order valence-electron chi connectivity index (χ4n) is 2.19. The van der Waals surface area contributed by atoms with Gasteiger partial charge in [-0.05, 0) is 24.3 Å². The highest BCUT2D eigenvalue weighted by Crippen LogP contribution is 2.33. The van der Waals surface area contributed by atoms with Crippen molar-refractivity contribution in [3.63, 3.8) is 0 Å². The van der Waals surface area contributed by atoms with E-state index >= 15 is 0 Å². The van der Waals surface area contributed by atoms with E-state index in [2.05, 4.69) is 4.98 Å². The zero-order valence-electron chi connectivity index (χ0n) is 12.5. The minimum absolute atomic E-state index is 0.0460. The summed E-state index contributed by atoms with van der Waals surface area (Å²) in [5.41, 5.74) is 0.101. The van der Waals surface area contributed by atoms with Crippen LogP contribution in [0.15, 0.2) is 54.7 Å². The van der Waals surface area contributed by atoms with Gasteiger partial charge in [0.05, 0.1) is 10.7 Å². The van der Waals surface area contributed by atoms with Gasteiger partial charge in [0.25, 0.3) is 0 Å². The maximum atomic E-state index is 13.4. The Balaban J connectivity index is 2.09. The molecule has 0 atom stereocenters. The van der Waals surface area contributed by atoms with Crippen molar-refractivity contribution in [2.45, 2.75) is 0 Å². The third-order valence-corrected chi connectivity index (χ3v) is 3.62. The summed E-state index contributed by atoms with van der Waals surface area (Å²) >= 11 is 6.02. The standard InChI is InChI=1S/C18H10ClF2NO3/c19-14-3-1-2-4-16(14)25-17-8-15(22-9-13(17)18(23)24)10-5-11(20)7-12(21)6-10/h1-9H,(H,23,24). The molecule has 0 spiro atoms. The molecule has 0 aliphatic carbocycles. The first-order valence-electron chi connectivity index (χ1n) is 7.06. The maximum absolute atomic E-state index is 13.4. The van der Waals surface area contributed by atoms with Gasteiger partial charge < -0.3 is 9.84 Å². The molecule has 0 saturated heterocycles. The first-order valence-corrected chi connectivity index (χ1v) is 7.44. The fraction of sp³-hybridized carbons (Fsp3) is 0. The highest BCUT2D eigenvalue weighted by molar-refractivity contribution is 6.32. The monoisotopic (exact) mass is 361 g/mol. The van der Waals surface area contributed by atoms with Crippen LogP contribution in [0.5, 0.6) is 11.5 Å². The number of aromatic carboxylic acids is 1. The topological polar surface area (TPSA) is 59.4 Å². The lowest BCUT2D eigenvalue weighted by Gasteiger charge is -2.11. The largest absolute Gasteiger partial charge is 0.477 e. The van der Waals surface area contributed by atoms with E-state index in [1.165, 1.54) is 6.07 Å². The van der Waals surface area contributed by atoms with Gasteiger partial charge in [-0.15, -0.1) is 0 Å². The molecule has 7 heteroatoms. The van der Waals surface area contributed by atoms with Crippen LogP contribution >= 0.6 is 11.6 Å². The van der Waals surface area contributed by atoms with Crippen molar-refractivity contribution in [1.29, 1.82) is 0 Å². The van der Waals surface area contributed by atoms with Crippen molar-refractivity contribution < 1.29 is 23.4 Å². The third-order valence-electron chi connectivity index (χ3n) is 3.31. The Hall–Kier alpha value is -2.99. The van der Waals surface area contributed by atoms with E-state index in [9.17, 15) is 18.7 Å². The van der Waals surface area contributed by atoms with Gasteiger partial charge in [0.15, 0.2) is 0 Å². The summed E-state index contributed by atoms with van der Waals surface area (Å²) < 4.78 is 32.4. The van der Waals surface area contributed by atoms with Crippen LogP contribution in [-0.4, -0.2) is 16.1 Å². The Morgan fingerprint density at radius 2 is 1.72 bits per heavy atom. The summed E-state index contributed by atoms with van der Waals surface area (Å²) in [6.07, 6.45) is 1.06. The van der Waals surface area contributed by atoms with E-state index in [0.717, 1.165) is 24.4 Å². The Morgan fingerprint density at radius 1 is 1.04 bits per heavy atom. The van der Waals surface area contributed by atoms with E-state index in [-0.39, 0.29) is 33.3 Å². The predicted octanol–water partition coefficient (Wildman–Crippen LogP) is 5.17. The Kier molecular flexibility index (Phi) is 4.63. The zero-order valence-corrected chi connectivity index (χ0v) is 13.3. The normalized spacial score (nSPS) is 10.5. The smallest absolute Gasteiger partial charge is 0.341 e. The average Bonchev–Trinajstić information content (AvgIpc) is 2.56. The molecule has 0 unspecified atom stereocenters. The quantitative estimate of drug-likeness (QED) is 0.696. The highest BCUT2D eigenvalue weighted by Gasteiger charge is 2.16.